The highest BCUT2D eigenvalue weighted by atomic mass is 19.1. The van der Waals surface area contributed by atoms with E-state index in [1.54, 1.807) is 37.8 Å². The van der Waals surface area contributed by atoms with Gasteiger partial charge in [0.15, 0.2) is 5.78 Å². The highest BCUT2D eigenvalue weighted by Crippen LogP contribution is 2.24. The zero-order valence-electron chi connectivity index (χ0n) is 14.2. The molecule has 1 saturated heterocycles. The van der Waals surface area contributed by atoms with Gasteiger partial charge in [0.2, 0.25) is 0 Å². The summed E-state index contributed by atoms with van der Waals surface area (Å²) in [7, 11) is 0. The fourth-order valence-electron chi connectivity index (χ4n) is 2.73. The third-order valence-corrected chi connectivity index (χ3v) is 3.83. The van der Waals surface area contributed by atoms with Crippen molar-refractivity contribution in [3.8, 4) is 0 Å². The average Bonchev–Trinajstić information content (AvgIpc) is 2.47. The van der Waals surface area contributed by atoms with Gasteiger partial charge in [-0.3, -0.25) is 4.79 Å². The van der Waals surface area contributed by atoms with Gasteiger partial charge in [0.25, 0.3) is 0 Å². The first-order valence-corrected chi connectivity index (χ1v) is 7.95. The van der Waals surface area contributed by atoms with Crippen molar-refractivity contribution < 1.29 is 18.7 Å². The van der Waals surface area contributed by atoms with Gasteiger partial charge in [0, 0.05) is 19.0 Å². The Hall–Kier alpha value is -1.91. The van der Waals surface area contributed by atoms with Crippen molar-refractivity contribution in [1.82, 2.24) is 4.90 Å². The van der Waals surface area contributed by atoms with Crippen molar-refractivity contribution >= 4 is 11.9 Å². The Morgan fingerprint density at radius 2 is 2.00 bits per heavy atom. The summed E-state index contributed by atoms with van der Waals surface area (Å²) in [6.07, 6.45) is 0.953. The Bertz CT molecular complexity index is 607. The summed E-state index contributed by atoms with van der Waals surface area (Å²) in [5.41, 5.74) is 0.382. The number of hydrogen-bond donors (Lipinski definition) is 0. The summed E-state index contributed by atoms with van der Waals surface area (Å²) in [5, 5.41) is 0. The number of halogens is 1. The van der Waals surface area contributed by atoms with Gasteiger partial charge in [-0.25, -0.2) is 9.18 Å². The van der Waals surface area contributed by atoms with Gasteiger partial charge < -0.3 is 9.64 Å². The van der Waals surface area contributed by atoms with E-state index in [0.29, 0.717) is 19.4 Å². The summed E-state index contributed by atoms with van der Waals surface area (Å²) in [5.74, 6) is -1.12. The first kappa shape index (κ1) is 17.4. The molecule has 0 aliphatic carbocycles. The van der Waals surface area contributed by atoms with Crippen LogP contribution in [0.5, 0.6) is 0 Å². The standard InChI is InChI=1S/C18H24FNO3/c1-12-7-8-15(19)14(10-12)16(21)13-6-5-9-20(11-13)17(22)23-18(2,3)4/h7-8,10,13H,5-6,9,11H2,1-4H3/t13-/m1/s1. The van der Waals surface area contributed by atoms with E-state index >= 15 is 0 Å². The number of ether oxygens (including phenoxy) is 1. The number of carbonyl (C=O) groups excluding carboxylic acids is 2. The second kappa shape index (κ2) is 6.69. The van der Waals surface area contributed by atoms with Gasteiger partial charge in [-0.15, -0.1) is 0 Å². The molecule has 4 nitrogen and oxygen atoms in total. The number of carbonyl (C=O) groups is 2. The molecular weight excluding hydrogens is 297 g/mol. The normalized spacial score (nSPS) is 18.7. The zero-order chi connectivity index (χ0) is 17.2. The van der Waals surface area contributed by atoms with E-state index in [0.717, 1.165) is 5.56 Å². The number of likely N-dealkylation sites (tertiary alicyclic amines) is 1. The molecule has 0 N–H and O–H groups in total. The number of ketones is 1. The van der Waals surface area contributed by atoms with Gasteiger partial charge in [0.1, 0.15) is 11.4 Å². The number of rotatable bonds is 2. The van der Waals surface area contributed by atoms with Gasteiger partial charge in [-0.1, -0.05) is 11.6 Å². The molecule has 0 radical (unpaired) electrons. The average molecular weight is 321 g/mol. The minimum absolute atomic E-state index is 0.112. The molecule has 1 aromatic carbocycles. The maximum Gasteiger partial charge on any atom is 0.410 e. The molecule has 1 aromatic rings. The van der Waals surface area contributed by atoms with Crippen molar-refractivity contribution in [2.45, 2.75) is 46.1 Å². The van der Waals surface area contributed by atoms with E-state index in [9.17, 15) is 14.0 Å². The number of piperidine rings is 1. The van der Waals surface area contributed by atoms with Crippen LogP contribution in [0, 0.1) is 18.7 Å². The maximum absolute atomic E-state index is 13.9. The Morgan fingerprint density at radius 3 is 2.65 bits per heavy atom. The predicted octanol–water partition coefficient (Wildman–Crippen LogP) is 3.96. The lowest BCUT2D eigenvalue weighted by Gasteiger charge is -2.33. The molecule has 2 rings (SSSR count). The van der Waals surface area contributed by atoms with Crippen LogP contribution in [0.3, 0.4) is 0 Å². The molecule has 23 heavy (non-hydrogen) atoms. The molecule has 0 bridgehead atoms. The topological polar surface area (TPSA) is 46.6 Å². The molecule has 5 heteroatoms. The van der Waals surface area contributed by atoms with Crippen LogP contribution in [0.4, 0.5) is 9.18 Å². The van der Waals surface area contributed by atoms with Crippen LogP contribution in [0.2, 0.25) is 0 Å². The smallest absolute Gasteiger partial charge is 0.410 e. The molecule has 126 valence electrons. The second-order valence-electron chi connectivity index (χ2n) is 7.11. The number of amides is 1. The number of aryl methyl sites for hydroxylation is 1. The van der Waals surface area contributed by atoms with Crippen LogP contribution >= 0.6 is 0 Å². The highest BCUT2D eigenvalue weighted by Gasteiger charge is 2.32. The Balaban J connectivity index is 2.10. The van der Waals surface area contributed by atoms with E-state index < -0.39 is 17.5 Å². The molecule has 0 unspecified atom stereocenters. The number of hydrogen-bond acceptors (Lipinski definition) is 3. The fraction of sp³-hybridized carbons (Fsp3) is 0.556. The summed E-state index contributed by atoms with van der Waals surface area (Å²) in [6, 6.07) is 4.53. The molecule has 1 heterocycles. The Morgan fingerprint density at radius 1 is 1.30 bits per heavy atom. The van der Waals surface area contributed by atoms with Crippen molar-refractivity contribution in [3.05, 3.63) is 35.1 Å². The van der Waals surface area contributed by atoms with Crippen molar-refractivity contribution in [2.24, 2.45) is 5.92 Å². The lowest BCUT2D eigenvalue weighted by molar-refractivity contribution is 0.0171. The first-order chi connectivity index (χ1) is 10.7. The number of nitrogens with zero attached hydrogens (tertiary/aromatic N) is 1. The molecule has 1 aliphatic heterocycles. The van der Waals surface area contributed by atoms with Gasteiger partial charge in [0.05, 0.1) is 5.56 Å². The molecule has 0 saturated carbocycles. The fourth-order valence-corrected chi connectivity index (χ4v) is 2.73. The summed E-state index contributed by atoms with van der Waals surface area (Å²) in [4.78, 5) is 26.3. The molecule has 0 spiro atoms. The largest absolute Gasteiger partial charge is 0.444 e. The van der Waals surface area contributed by atoms with Crippen LogP contribution in [0.15, 0.2) is 18.2 Å². The minimum atomic E-state index is -0.573. The summed E-state index contributed by atoms with van der Waals surface area (Å²) < 4.78 is 19.3. The van der Waals surface area contributed by atoms with Crippen LogP contribution in [0.1, 0.15) is 49.5 Å². The van der Waals surface area contributed by atoms with Crippen molar-refractivity contribution in [3.63, 3.8) is 0 Å². The molecule has 1 fully saturated rings. The molecular formula is C18H24FNO3. The van der Waals surface area contributed by atoms with Gasteiger partial charge in [-0.05, 0) is 52.7 Å². The quantitative estimate of drug-likeness (QED) is 0.775. The zero-order valence-corrected chi connectivity index (χ0v) is 14.2. The summed E-state index contributed by atoms with van der Waals surface area (Å²) in [6.45, 7) is 8.08. The first-order valence-electron chi connectivity index (χ1n) is 7.95. The lowest BCUT2D eigenvalue weighted by Crippen LogP contribution is -2.44. The Labute approximate surface area is 136 Å². The SMILES string of the molecule is Cc1ccc(F)c(C(=O)[C@@H]2CCCN(C(=O)OC(C)(C)C)C2)c1. The highest BCUT2D eigenvalue weighted by molar-refractivity contribution is 5.98. The molecule has 1 amide bonds. The number of benzene rings is 1. The monoisotopic (exact) mass is 321 g/mol. The summed E-state index contributed by atoms with van der Waals surface area (Å²) >= 11 is 0. The van der Waals surface area contributed by atoms with Crippen molar-refractivity contribution in [2.75, 3.05) is 13.1 Å². The maximum atomic E-state index is 13.9. The van der Waals surface area contributed by atoms with E-state index in [1.165, 1.54) is 6.07 Å². The third-order valence-electron chi connectivity index (χ3n) is 3.83. The predicted molar refractivity (Wildman–Crippen MR) is 86.0 cm³/mol. The lowest BCUT2D eigenvalue weighted by atomic mass is 9.89. The van der Waals surface area contributed by atoms with Crippen LogP contribution in [0.25, 0.3) is 0 Å². The number of Topliss-reactive ketones (excluding diaryl/α,β-unsaturated/α-hetero) is 1. The van der Waals surface area contributed by atoms with Crippen LogP contribution in [-0.4, -0.2) is 35.5 Å². The molecule has 1 atom stereocenters. The third kappa shape index (κ3) is 4.53. The van der Waals surface area contributed by atoms with E-state index in [1.807, 2.05) is 6.92 Å². The van der Waals surface area contributed by atoms with E-state index in [-0.39, 0.29) is 23.8 Å². The van der Waals surface area contributed by atoms with E-state index in [2.05, 4.69) is 0 Å². The van der Waals surface area contributed by atoms with Crippen LogP contribution in [-0.2, 0) is 4.74 Å². The van der Waals surface area contributed by atoms with Crippen LogP contribution < -0.4 is 0 Å². The van der Waals surface area contributed by atoms with E-state index in [4.69, 9.17) is 4.74 Å². The van der Waals surface area contributed by atoms with Gasteiger partial charge in [-0.2, -0.15) is 0 Å². The molecule has 0 aromatic heterocycles. The van der Waals surface area contributed by atoms with Crippen molar-refractivity contribution in [1.29, 1.82) is 0 Å². The second-order valence-corrected chi connectivity index (χ2v) is 7.11. The Kier molecular flexibility index (Phi) is 5.07. The molecule has 1 aliphatic rings. The van der Waals surface area contributed by atoms with Gasteiger partial charge >= 0.3 is 6.09 Å². The minimum Gasteiger partial charge on any atom is -0.444 e.